The van der Waals surface area contributed by atoms with Crippen molar-refractivity contribution < 1.29 is 0 Å². The summed E-state index contributed by atoms with van der Waals surface area (Å²) in [7, 11) is 6.54. The minimum atomic E-state index is 0.321. The number of piperidine rings is 1. The van der Waals surface area contributed by atoms with Crippen molar-refractivity contribution >= 4 is 11.0 Å². The summed E-state index contributed by atoms with van der Waals surface area (Å²) in [4.78, 5) is 14.6. The molecule has 29 heavy (non-hydrogen) atoms. The van der Waals surface area contributed by atoms with Gasteiger partial charge in [-0.3, -0.25) is 9.88 Å². The van der Waals surface area contributed by atoms with Gasteiger partial charge in [0.2, 0.25) is 0 Å². The van der Waals surface area contributed by atoms with Crippen LogP contribution >= 0.6 is 0 Å². The van der Waals surface area contributed by atoms with Crippen LogP contribution in [0, 0.1) is 6.92 Å². The van der Waals surface area contributed by atoms with Gasteiger partial charge >= 0.3 is 0 Å². The van der Waals surface area contributed by atoms with Crippen LogP contribution in [0.2, 0.25) is 0 Å². The molecule has 0 radical (unpaired) electrons. The first-order valence-electron chi connectivity index (χ1n) is 10.8. The largest absolute Gasteiger partial charge is 0.327 e. The molecule has 0 amide bonds. The Balaban J connectivity index is 1.68. The summed E-state index contributed by atoms with van der Waals surface area (Å²) >= 11 is 0. The molecule has 0 unspecified atom stereocenters. The number of aryl methyl sites for hydroxylation is 2. The lowest BCUT2D eigenvalue weighted by Gasteiger charge is -2.39. The second kappa shape index (κ2) is 8.64. The number of likely N-dealkylation sites (tertiary alicyclic amines) is 1. The Kier molecular flexibility index (Phi) is 5.97. The molecule has 3 aromatic rings. The highest BCUT2D eigenvalue weighted by atomic mass is 15.2. The number of hydrogen-bond donors (Lipinski definition) is 0. The van der Waals surface area contributed by atoms with Crippen LogP contribution in [0.4, 0.5) is 0 Å². The van der Waals surface area contributed by atoms with Gasteiger partial charge in [0, 0.05) is 12.7 Å². The number of para-hydroxylation sites is 2. The number of hydrogen-bond acceptors (Lipinski definition) is 4. The molecule has 1 fully saturated rings. The second-order valence-electron chi connectivity index (χ2n) is 8.60. The summed E-state index contributed by atoms with van der Waals surface area (Å²) in [6, 6.07) is 13.5. The lowest BCUT2D eigenvalue weighted by Crippen LogP contribution is -2.35. The summed E-state index contributed by atoms with van der Waals surface area (Å²) in [5.41, 5.74) is 4.86. The molecule has 5 nitrogen and oxygen atoms in total. The van der Waals surface area contributed by atoms with Crippen LogP contribution in [-0.4, -0.2) is 52.0 Å². The van der Waals surface area contributed by atoms with Gasteiger partial charge < -0.3 is 9.47 Å². The van der Waals surface area contributed by atoms with Crippen LogP contribution < -0.4 is 0 Å². The molecule has 3 heterocycles. The maximum absolute atomic E-state index is 5.12. The third-order valence-corrected chi connectivity index (χ3v) is 6.27. The van der Waals surface area contributed by atoms with Crippen molar-refractivity contribution in [2.24, 2.45) is 0 Å². The normalized spacial score (nSPS) is 20.6. The van der Waals surface area contributed by atoms with Gasteiger partial charge in [0.1, 0.15) is 5.82 Å². The smallest absolute Gasteiger partial charge is 0.127 e. The molecule has 2 aromatic heterocycles. The van der Waals surface area contributed by atoms with E-state index in [9.17, 15) is 0 Å². The molecule has 1 aliphatic rings. The van der Waals surface area contributed by atoms with Crippen molar-refractivity contribution in [2.75, 3.05) is 27.7 Å². The van der Waals surface area contributed by atoms with Gasteiger partial charge in [0.15, 0.2) is 0 Å². The Bertz CT molecular complexity index is 961. The van der Waals surface area contributed by atoms with Crippen LogP contribution in [0.15, 0.2) is 42.6 Å². The molecule has 5 heteroatoms. The van der Waals surface area contributed by atoms with Crippen molar-refractivity contribution in [3.05, 3.63) is 59.7 Å². The second-order valence-corrected chi connectivity index (χ2v) is 8.60. The average molecular weight is 392 g/mol. The number of fused-ring (bicyclic) bond motifs is 1. The lowest BCUT2D eigenvalue weighted by atomic mass is 9.92. The zero-order valence-corrected chi connectivity index (χ0v) is 18.2. The lowest BCUT2D eigenvalue weighted by molar-refractivity contribution is 0.103. The van der Waals surface area contributed by atoms with Crippen LogP contribution in [0.25, 0.3) is 11.0 Å². The number of nitrogens with zero attached hydrogens (tertiary/aromatic N) is 5. The van der Waals surface area contributed by atoms with Crippen molar-refractivity contribution in [1.29, 1.82) is 0 Å². The van der Waals surface area contributed by atoms with Gasteiger partial charge in [-0.25, -0.2) is 4.98 Å². The SMILES string of the molecule is Cc1cccnc1[C@@H]1CCC[C@H](c2nc3ccccc3n2CCCN(C)C)N1C. The van der Waals surface area contributed by atoms with E-state index in [1.54, 1.807) is 0 Å². The van der Waals surface area contributed by atoms with E-state index in [0.717, 1.165) is 37.9 Å². The average Bonchev–Trinajstić information content (AvgIpc) is 3.07. The highest BCUT2D eigenvalue weighted by Crippen LogP contribution is 2.41. The molecule has 2 atom stereocenters. The molecule has 1 aliphatic heterocycles. The zero-order valence-electron chi connectivity index (χ0n) is 18.2. The Labute approximate surface area is 174 Å². The van der Waals surface area contributed by atoms with Crippen molar-refractivity contribution in [1.82, 2.24) is 24.3 Å². The molecule has 154 valence electrons. The maximum atomic E-state index is 5.12. The molecule has 4 rings (SSSR count). The Morgan fingerprint density at radius 2 is 1.86 bits per heavy atom. The first kappa shape index (κ1) is 20.0. The number of pyridine rings is 1. The molecule has 1 saturated heterocycles. The monoisotopic (exact) mass is 391 g/mol. The highest BCUT2D eigenvalue weighted by molar-refractivity contribution is 5.76. The summed E-state index contributed by atoms with van der Waals surface area (Å²) in [6.07, 6.45) is 6.56. The van der Waals surface area contributed by atoms with Crippen LogP contribution in [-0.2, 0) is 6.54 Å². The van der Waals surface area contributed by atoms with Gasteiger partial charge in [0.05, 0.1) is 28.8 Å². The van der Waals surface area contributed by atoms with Crippen LogP contribution in [0.5, 0.6) is 0 Å². The minimum absolute atomic E-state index is 0.321. The molecule has 0 N–H and O–H groups in total. The number of aromatic nitrogens is 3. The molecule has 0 saturated carbocycles. The summed E-state index contributed by atoms with van der Waals surface area (Å²) in [6.45, 7) is 4.27. The van der Waals surface area contributed by atoms with Gasteiger partial charge in [-0.1, -0.05) is 18.2 Å². The third kappa shape index (κ3) is 4.07. The molecule has 0 bridgehead atoms. The van der Waals surface area contributed by atoms with E-state index in [1.165, 1.54) is 29.0 Å². The van der Waals surface area contributed by atoms with Gasteiger partial charge in [-0.2, -0.15) is 0 Å². The molecule has 1 aromatic carbocycles. The topological polar surface area (TPSA) is 37.2 Å². The molecular weight excluding hydrogens is 358 g/mol. The third-order valence-electron chi connectivity index (χ3n) is 6.27. The van der Waals surface area contributed by atoms with E-state index in [0.29, 0.717) is 12.1 Å². The van der Waals surface area contributed by atoms with E-state index in [-0.39, 0.29) is 0 Å². The summed E-state index contributed by atoms with van der Waals surface area (Å²) in [5.74, 6) is 1.21. The van der Waals surface area contributed by atoms with E-state index in [2.05, 4.69) is 72.8 Å². The molecule has 0 aliphatic carbocycles. The Morgan fingerprint density at radius 3 is 2.66 bits per heavy atom. The van der Waals surface area contributed by atoms with Gasteiger partial charge in [-0.15, -0.1) is 0 Å². The van der Waals surface area contributed by atoms with E-state index in [4.69, 9.17) is 9.97 Å². The van der Waals surface area contributed by atoms with E-state index in [1.807, 2.05) is 12.3 Å². The first-order valence-corrected chi connectivity index (χ1v) is 10.8. The maximum Gasteiger partial charge on any atom is 0.127 e. The fraction of sp³-hybridized carbons (Fsp3) is 0.500. The van der Waals surface area contributed by atoms with Gasteiger partial charge in [0.25, 0.3) is 0 Å². The van der Waals surface area contributed by atoms with E-state index < -0.39 is 0 Å². The van der Waals surface area contributed by atoms with Crippen LogP contribution in [0.1, 0.15) is 54.8 Å². The Hall–Kier alpha value is -2.24. The summed E-state index contributed by atoms with van der Waals surface area (Å²) in [5, 5.41) is 0. The number of rotatable bonds is 6. The minimum Gasteiger partial charge on any atom is -0.327 e. The molecular formula is C24H33N5. The predicted molar refractivity (Wildman–Crippen MR) is 119 cm³/mol. The van der Waals surface area contributed by atoms with Crippen LogP contribution in [0.3, 0.4) is 0 Å². The first-order chi connectivity index (χ1) is 14.1. The standard InChI is InChI=1S/C24H33N5/c1-18-10-8-15-25-23(18)21-13-7-14-22(28(21)4)24-26-19-11-5-6-12-20(19)29(24)17-9-16-27(2)3/h5-6,8,10-12,15,21-22H,7,9,13-14,16-17H2,1-4H3/t21-,22+/m0/s1. The number of imidazole rings is 1. The fourth-order valence-electron chi connectivity index (χ4n) is 4.75. The highest BCUT2D eigenvalue weighted by Gasteiger charge is 2.34. The summed E-state index contributed by atoms with van der Waals surface area (Å²) < 4.78 is 2.47. The fourth-order valence-corrected chi connectivity index (χ4v) is 4.75. The van der Waals surface area contributed by atoms with E-state index >= 15 is 0 Å². The van der Waals surface area contributed by atoms with Gasteiger partial charge in [-0.05, 0) is 84.1 Å². The van der Waals surface area contributed by atoms with Crippen molar-refractivity contribution in [3.63, 3.8) is 0 Å². The van der Waals surface area contributed by atoms with Crippen molar-refractivity contribution in [2.45, 2.75) is 51.2 Å². The molecule has 0 spiro atoms. The number of benzene rings is 1. The zero-order chi connectivity index (χ0) is 20.4. The predicted octanol–water partition coefficient (Wildman–Crippen LogP) is 4.59. The van der Waals surface area contributed by atoms with Crippen molar-refractivity contribution in [3.8, 4) is 0 Å². The Morgan fingerprint density at radius 1 is 1.07 bits per heavy atom. The quantitative estimate of drug-likeness (QED) is 0.616.